The average molecular weight is 412 g/mol. The minimum Gasteiger partial charge on any atom is -0.491 e. The van der Waals surface area contributed by atoms with Crippen LogP contribution in [0, 0.1) is 5.41 Å². The molecule has 1 fully saturated rings. The molecule has 2 aromatic rings. The van der Waals surface area contributed by atoms with Crippen LogP contribution >= 0.6 is 23.7 Å². The number of benzene rings is 1. The van der Waals surface area contributed by atoms with E-state index in [1.165, 1.54) is 11.3 Å². The van der Waals surface area contributed by atoms with Crippen molar-refractivity contribution < 1.29 is 14.3 Å². The molecule has 1 amide bonds. The number of hydrogen-bond acceptors (Lipinski definition) is 6. The molecule has 0 saturated carbocycles. The lowest BCUT2D eigenvalue weighted by atomic mass is 9.79. The Bertz CT molecular complexity index is 743. The molecule has 2 heterocycles. The third kappa shape index (κ3) is 5.19. The summed E-state index contributed by atoms with van der Waals surface area (Å²) >= 11 is 1.41. The van der Waals surface area contributed by atoms with E-state index in [9.17, 15) is 4.79 Å². The Morgan fingerprint density at radius 2 is 2.00 bits per heavy atom. The van der Waals surface area contributed by atoms with E-state index in [1.807, 2.05) is 43.5 Å². The van der Waals surface area contributed by atoms with Gasteiger partial charge in [-0.3, -0.25) is 4.79 Å². The van der Waals surface area contributed by atoms with Crippen molar-refractivity contribution in [3.63, 3.8) is 0 Å². The fourth-order valence-electron chi connectivity index (χ4n) is 2.96. The minimum atomic E-state index is -0.556. The van der Waals surface area contributed by atoms with Gasteiger partial charge in [-0.15, -0.1) is 23.7 Å². The maximum atomic E-state index is 12.7. The zero-order valence-corrected chi connectivity index (χ0v) is 17.2. The zero-order chi connectivity index (χ0) is 18.6. The third-order valence-electron chi connectivity index (χ3n) is 4.57. The van der Waals surface area contributed by atoms with Crippen molar-refractivity contribution in [1.82, 2.24) is 4.98 Å². The molecule has 3 rings (SSSR count). The molecule has 27 heavy (non-hydrogen) atoms. The van der Waals surface area contributed by atoms with Gasteiger partial charge in [-0.25, -0.2) is 4.98 Å². The SMILES string of the molecule is CC(C)Oc1ccc(-c2csc(NC(=O)C3(CN)CCOCC3)n2)cc1.Cl. The molecule has 0 atom stereocenters. The number of carbonyl (C=O) groups excluding carboxylic acids is 1. The molecule has 1 aromatic carbocycles. The van der Waals surface area contributed by atoms with Gasteiger partial charge in [0.2, 0.25) is 5.91 Å². The monoisotopic (exact) mass is 411 g/mol. The Labute approximate surface area is 169 Å². The number of halogens is 1. The van der Waals surface area contributed by atoms with Crippen molar-refractivity contribution in [3.8, 4) is 17.0 Å². The predicted octanol–water partition coefficient (Wildman–Crippen LogP) is 3.71. The van der Waals surface area contributed by atoms with Gasteiger partial charge in [-0.1, -0.05) is 0 Å². The number of ether oxygens (including phenoxy) is 2. The first kappa shape index (κ1) is 21.6. The molecule has 1 aliphatic rings. The summed E-state index contributed by atoms with van der Waals surface area (Å²) in [5, 5.41) is 5.47. The van der Waals surface area contributed by atoms with E-state index >= 15 is 0 Å². The topological polar surface area (TPSA) is 86.5 Å². The Morgan fingerprint density at radius 1 is 1.33 bits per heavy atom. The van der Waals surface area contributed by atoms with Crippen LogP contribution in [0.3, 0.4) is 0 Å². The molecule has 8 heteroatoms. The van der Waals surface area contributed by atoms with Crippen molar-refractivity contribution in [3.05, 3.63) is 29.6 Å². The molecule has 1 aliphatic heterocycles. The summed E-state index contributed by atoms with van der Waals surface area (Å²) in [6.07, 6.45) is 1.43. The van der Waals surface area contributed by atoms with Crippen molar-refractivity contribution in [1.29, 1.82) is 0 Å². The molecule has 0 radical (unpaired) electrons. The van der Waals surface area contributed by atoms with Crippen LogP contribution in [0.25, 0.3) is 11.3 Å². The van der Waals surface area contributed by atoms with Gasteiger partial charge in [0.15, 0.2) is 5.13 Å². The lowest BCUT2D eigenvalue weighted by molar-refractivity contribution is -0.130. The Kier molecular flexibility index (Phi) is 7.61. The third-order valence-corrected chi connectivity index (χ3v) is 5.33. The maximum Gasteiger partial charge on any atom is 0.233 e. The fraction of sp³-hybridized carbons (Fsp3) is 0.474. The highest BCUT2D eigenvalue weighted by atomic mass is 35.5. The van der Waals surface area contributed by atoms with Crippen LogP contribution in [0.1, 0.15) is 26.7 Å². The summed E-state index contributed by atoms with van der Waals surface area (Å²) in [6.45, 7) is 5.44. The molecule has 0 aliphatic carbocycles. The Morgan fingerprint density at radius 3 is 2.59 bits per heavy atom. The summed E-state index contributed by atoms with van der Waals surface area (Å²) in [7, 11) is 0. The molecule has 0 spiro atoms. The van der Waals surface area contributed by atoms with Crippen LogP contribution in [-0.2, 0) is 9.53 Å². The highest BCUT2D eigenvalue weighted by molar-refractivity contribution is 7.14. The molecule has 6 nitrogen and oxygen atoms in total. The van der Waals surface area contributed by atoms with Crippen LogP contribution in [0.5, 0.6) is 5.75 Å². The van der Waals surface area contributed by atoms with Crippen LogP contribution < -0.4 is 15.8 Å². The second kappa shape index (κ2) is 9.50. The molecule has 148 valence electrons. The highest BCUT2D eigenvalue weighted by Gasteiger charge is 2.39. The number of anilines is 1. The van der Waals surface area contributed by atoms with E-state index in [-0.39, 0.29) is 24.4 Å². The highest BCUT2D eigenvalue weighted by Crippen LogP contribution is 2.32. The average Bonchev–Trinajstić information content (AvgIpc) is 3.11. The van der Waals surface area contributed by atoms with E-state index < -0.39 is 5.41 Å². The van der Waals surface area contributed by atoms with E-state index in [1.54, 1.807) is 0 Å². The van der Waals surface area contributed by atoms with Crippen LogP contribution in [0.2, 0.25) is 0 Å². The van der Waals surface area contributed by atoms with Crippen LogP contribution in [0.4, 0.5) is 5.13 Å². The first-order valence-corrected chi connectivity index (χ1v) is 9.72. The normalized spacial score (nSPS) is 15.9. The number of nitrogens with zero attached hydrogens (tertiary/aromatic N) is 1. The molecule has 3 N–H and O–H groups in total. The Hall–Kier alpha value is -1.67. The van der Waals surface area contributed by atoms with E-state index in [0.29, 0.717) is 37.7 Å². The number of nitrogens with two attached hydrogens (primary N) is 1. The van der Waals surface area contributed by atoms with Crippen molar-refractivity contribution in [2.45, 2.75) is 32.8 Å². The Balaban J connectivity index is 0.00000261. The number of hydrogen-bond donors (Lipinski definition) is 2. The minimum absolute atomic E-state index is 0. The largest absolute Gasteiger partial charge is 0.491 e. The predicted molar refractivity (Wildman–Crippen MR) is 111 cm³/mol. The van der Waals surface area contributed by atoms with Gasteiger partial charge in [0, 0.05) is 30.7 Å². The smallest absolute Gasteiger partial charge is 0.233 e. The van der Waals surface area contributed by atoms with E-state index in [2.05, 4.69) is 10.3 Å². The van der Waals surface area contributed by atoms with Gasteiger partial charge in [0.1, 0.15) is 5.75 Å². The van der Waals surface area contributed by atoms with Crippen LogP contribution in [-0.4, -0.2) is 36.8 Å². The van der Waals surface area contributed by atoms with Gasteiger partial charge < -0.3 is 20.5 Å². The second-order valence-corrected chi connectivity index (χ2v) is 7.64. The number of thiazole rings is 1. The van der Waals surface area contributed by atoms with Gasteiger partial charge in [0.05, 0.1) is 17.2 Å². The molecule has 0 unspecified atom stereocenters. The van der Waals surface area contributed by atoms with Crippen molar-refractivity contribution in [2.24, 2.45) is 11.1 Å². The number of carbonyl (C=O) groups is 1. The molecule has 0 bridgehead atoms. The van der Waals surface area contributed by atoms with Crippen molar-refractivity contribution >= 4 is 34.8 Å². The summed E-state index contributed by atoms with van der Waals surface area (Å²) in [5.74, 6) is 0.766. The standard InChI is InChI=1S/C19H25N3O3S.ClH/c1-13(2)25-15-5-3-14(4-6-15)16-11-26-18(21-16)22-17(23)19(12-20)7-9-24-10-8-19;/h3-6,11,13H,7-10,12,20H2,1-2H3,(H,21,22,23);1H. The van der Waals surface area contributed by atoms with E-state index in [4.69, 9.17) is 15.2 Å². The summed E-state index contributed by atoms with van der Waals surface area (Å²) in [5.41, 5.74) is 7.15. The first-order chi connectivity index (χ1) is 12.5. The number of aromatic nitrogens is 1. The number of amides is 1. The van der Waals surface area contributed by atoms with Gasteiger partial charge >= 0.3 is 0 Å². The first-order valence-electron chi connectivity index (χ1n) is 8.84. The molecule has 1 saturated heterocycles. The lowest BCUT2D eigenvalue weighted by Crippen LogP contribution is -2.46. The van der Waals surface area contributed by atoms with Gasteiger partial charge in [-0.05, 0) is 51.0 Å². The van der Waals surface area contributed by atoms with Gasteiger partial charge in [0.25, 0.3) is 0 Å². The van der Waals surface area contributed by atoms with Gasteiger partial charge in [-0.2, -0.15) is 0 Å². The second-order valence-electron chi connectivity index (χ2n) is 6.78. The zero-order valence-electron chi connectivity index (χ0n) is 15.6. The number of rotatable bonds is 6. The number of nitrogens with one attached hydrogen (secondary N) is 1. The summed E-state index contributed by atoms with van der Waals surface area (Å²) in [4.78, 5) is 17.3. The summed E-state index contributed by atoms with van der Waals surface area (Å²) in [6, 6.07) is 7.80. The lowest BCUT2D eigenvalue weighted by Gasteiger charge is -2.34. The molecular formula is C19H26ClN3O3S. The van der Waals surface area contributed by atoms with E-state index in [0.717, 1.165) is 17.0 Å². The fourth-order valence-corrected chi connectivity index (χ4v) is 3.67. The molecular weight excluding hydrogens is 386 g/mol. The summed E-state index contributed by atoms with van der Waals surface area (Å²) < 4.78 is 11.0. The van der Waals surface area contributed by atoms with Crippen molar-refractivity contribution in [2.75, 3.05) is 25.1 Å². The molecule has 1 aromatic heterocycles. The van der Waals surface area contributed by atoms with Crippen LogP contribution in [0.15, 0.2) is 29.6 Å². The quantitative estimate of drug-likeness (QED) is 0.756. The maximum absolute atomic E-state index is 12.7.